The zero-order valence-electron chi connectivity index (χ0n) is 13.6. The number of rotatable bonds is 6. The van der Waals surface area contributed by atoms with Crippen molar-refractivity contribution in [2.24, 2.45) is 0 Å². The van der Waals surface area contributed by atoms with Crippen LogP contribution in [0.4, 0.5) is 0 Å². The van der Waals surface area contributed by atoms with E-state index in [4.69, 9.17) is 0 Å². The second-order valence-electron chi connectivity index (χ2n) is 6.67. The van der Waals surface area contributed by atoms with Crippen LogP contribution in [-0.4, -0.2) is 30.1 Å². The molecule has 2 heteroatoms. The van der Waals surface area contributed by atoms with E-state index in [1.54, 1.807) is 11.1 Å². The molecule has 1 N–H and O–H groups in total. The fraction of sp³-hybridized carbons (Fsp3) is 0.684. The predicted octanol–water partition coefficient (Wildman–Crippen LogP) is 3.92. The highest BCUT2D eigenvalue weighted by atomic mass is 15.2. The quantitative estimate of drug-likeness (QED) is 0.853. The molecule has 0 amide bonds. The summed E-state index contributed by atoms with van der Waals surface area (Å²) >= 11 is 0. The summed E-state index contributed by atoms with van der Waals surface area (Å²) in [5, 5.41) is 3.83. The van der Waals surface area contributed by atoms with Gasteiger partial charge in [-0.2, -0.15) is 0 Å². The number of benzene rings is 1. The van der Waals surface area contributed by atoms with Gasteiger partial charge in [-0.05, 0) is 49.9 Å². The van der Waals surface area contributed by atoms with E-state index >= 15 is 0 Å². The molecule has 2 nitrogen and oxygen atoms in total. The van der Waals surface area contributed by atoms with Crippen LogP contribution in [0.25, 0.3) is 0 Å². The van der Waals surface area contributed by atoms with Crippen molar-refractivity contribution in [3.63, 3.8) is 0 Å². The Balaban J connectivity index is 1.82. The predicted molar refractivity (Wildman–Crippen MR) is 89.6 cm³/mol. The number of fused-ring (bicyclic) bond motifs is 1. The summed E-state index contributed by atoms with van der Waals surface area (Å²) in [7, 11) is 0. The lowest BCUT2D eigenvalue weighted by molar-refractivity contribution is 0.120. The summed E-state index contributed by atoms with van der Waals surface area (Å²) in [5.41, 5.74) is 3.11. The first-order valence-corrected chi connectivity index (χ1v) is 8.92. The summed E-state index contributed by atoms with van der Waals surface area (Å²) in [5.74, 6) is 0. The van der Waals surface area contributed by atoms with Crippen LogP contribution in [-0.2, 0) is 6.42 Å². The summed E-state index contributed by atoms with van der Waals surface area (Å²) in [6, 6.07) is 11.1. The van der Waals surface area contributed by atoms with E-state index in [1.165, 1.54) is 45.1 Å². The molecular formula is C19H30N2. The first-order chi connectivity index (χ1) is 10.3. The molecule has 0 radical (unpaired) electrons. The molecule has 1 aromatic rings. The van der Waals surface area contributed by atoms with Crippen molar-refractivity contribution in [1.82, 2.24) is 10.2 Å². The van der Waals surface area contributed by atoms with Crippen LogP contribution in [0.2, 0.25) is 0 Å². The molecule has 0 saturated heterocycles. The van der Waals surface area contributed by atoms with E-state index in [-0.39, 0.29) is 0 Å². The Labute approximate surface area is 129 Å². The third kappa shape index (κ3) is 3.02. The van der Waals surface area contributed by atoms with Gasteiger partial charge in [0, 0.05) is 18.1 Å². The van der Waals surface area contributed by atoms with Gasteiger partial charge >= 0.3 is 0 Å². The molecule has 0 bridgehead atoms. The van der Waals surface area contributed by atoms with Gasteiger partial charge in [-0.1, -0.05) is 51.0 Å². The SMILES string of the molecule is CCCNC1c2ccccc2CC1N(CC)C1CCCC1. The molecule has 1 aromatic carbocycles. The van der Waals surface area contributed by atoms with Crippen molar-refractivity contribution >= 4 is 0 Å². The smallest absolute Gasteiger partial charge is 0.0484 e. The van der Waals surface area contributed by atoms with Gasteiger partial charge in [0.05, 0.1) is 0 Å². The van der Waals surface area contributed by atoms with Gasteiger partial charge in [-0.3, -0.25) is 4.90 Å². The van der Waals surface area contributed by atoms with E-state index in [0.29, 0.717) is 12.1 Å². The van der Waals surface area contributed by atoms with Crippen LogP contribution in [0.1, 0.15) is 63.1 Å². The molecule has 2 unspecified atom stereocenters. The summed E-state index contributed by atoms with van der Waals surface area (Å²) in [6.07, 6.45) is 8.09. The minimum absolute atomic E-state index is 0.529. The normalized spacial score (nSPS) is 25.7. The van der Waals surface area contributed by atoms with Crippen molar-refractivity contribution in [2.75, 3.05) is 13.1 Å². The van der Waals surface area contributed by atoms with Crippen molar-refractivity contribution in [2.45, 2.75) is 70.5 Å². The minimum atomic E-state index is 0.529. The molecule has 3 rings (SSSR count). The highest BCUT2D eigenvalue weighted by molar-refractivity contribution is 5.37. The molecule has 21 heavy (non-hydrogen) atoms. The minimum Gasteiger partial charge on any atom is -0.309 e. The van der Waals surface area contributed by atoms with Crippen molar-refractivity contribution in [3.8, 4) is 0 Å². The second kappa shape index (κ2) is 6.93. The standard InChI is InChI=1S/C19H30N2/c1-3-13-20-19-17-12-8-5-9-15(17)14-18(19)21(4-2)16-10-6-7-11-16/h5,8-9,12,16,18-20H,3-4,6-7,10-11,13-14H2,1-2H3. The van der Waals surface area contributed by atoms with E-state index in [9.17, 15) is 0 Å². The van der Waals surface area contributed by atoms with Gasteiger partial charge in [0.15, 0.2) is 0 Å². The van der Waals surface area contributed by atoms with Crippen LogP contribution >= 0.6 is 0 Å². The van der Waals surface area contributed by atoms with Gasteiger partial charge in [-0.15, -0.1) is 0 Å². The topological polar surface area (TPSA) is 15.3 Å². The maximum atomic E-state index is 3.83. The van der Waals surface area contributed by atoms with E-state index in [1.807, 2.05) is 0 Å². The van der Waals surface area contributed by atoms with Crippen molar-refractivity contribution in [3.05, 3.63) is 35.4 Å². The number of nitrogens with one attached hydrogen (secondary N) is 1. The molecule has 2 aliphatic carbocycles. The maximum Gasteiger partial charge on any atom is 0.0484 e. The summed E-state index contributed by atoms with van der Waals surface area (Å²) in [6.45, 7) is 6.92. The van der Waals surface area contributed by atoms with E-state index in [2.05, 4.69) is 48.3 Å². The lowest BCUT2D eigenvalue weighted by Crippen LogP contribution is -2.47. The van der Waals surface area contributed by atoms with Crippen LogP contribution in [0, 0.1) is 0 Å². The summed E-state index contributed by atoms with van der Waals surface area (Å²) < 4.78 is 0. The molecule has 116 valence electrons. The zero-order valence-corrected chi connectivity index (χ0v) is 13.6. The third-order valence-electron chi connectivity index (χ3n) is 5.40. The average molecular weight is 286 g/mol. The van der Waals surface area contributed by atoms with Gasteiger partial charge in [0.25, 0.3) is 0 Å². The Morgan fingerprint density at radius 2 is 1.90 bits per heavy atom. The molecule has 0 aromatic heterocycles. The first-order valence-electron chi connectivity index (χ1n) is 8.92. The fourth-order valence-corrected chi connectivity index (χ4v) is 4.43. The molecule has 0 aliphatic heterocycles. The molecule has 0 heterocycles. The van der Waals surface area contributed by atoms with E-state index in [0.717, 1.165) is 12.6 Å². The molecule has 2 aliphatic rings. The second-order valence-corrected chi connectivity index (χ2v) is 6.67. The van der Waals surface area contributed by atoms with E-state index < -0.39 is 0 Å². The van der Waals surface area contributed by atoms with Gasteiger partial charge in [0.1, 0.15) is 0 Å². The van der Waals surface area contributed by atoms with Crippen molar-refractivity contribution < 1.29 is 0 Å². The van der Waals surface area contributed by atoms with Crippen LogP contribution in [0.5, 0.6) is 0 Å². The van der Waals surface area contributed by atoms with Crippen molar-refractivity contribution in [1.29, 1.82) is 0 Å². The monoisotopic (exact) mass is 286 g/mol. The molecule has 0 spiro atoms. The van der Waals surface area contributed by atoms with Crippen LogP contribution in [0.3, 0.4) is 0 Å². The summed E-state index contributed by atoms with van der Waals surface area (Å²) in [4.78, 5) is 2.81. The lowest BCUT2D eigenvalue weighted by Gasteiger charge is -2.37. The van der Waals surface area contributed by atoms with Gasteiger partial charge in [-0.25, -0.2) is 0 Å². The number of likely N-dealkylation sites (N-methyl/N-ethyl adjacent to an activating group) is 1. The Kier molecular flexibility index (Phi) is 4.97. The number of hydrogen-bond acceptors (Lipinski definition) is 2. The van der Waals surface area contributed by atoms with Crippen LogP contribution < -0.4 is 5.32 Å². The highest BCUT2D eigenvalue weighted by Crippen LogP contribution is 2.37. The molecular weight excluding hydrogens is 256 g/mol. The molecule has 1 saturated carbocycles. The Morgan fingerprint density at radius 1 is 1.14 bits per heavy atom. The van der Waals surface area contributed by atoms with Crippen LogP contribution in [0.15, 0.2) is 24.3 Å². The lowest BCUT2D eigenvalue weighted by atomic mass is 10.0. The Morgan fingerprint density at radius 3 is 2.62 bits per heavy atom. The maximum absolute atomic E-state index is 3.83. The third-order valence-corrected chi connectivity index (χ3v) is 5.40. The first kappa shape index (κ1) is 15.1. The Hall–Kier alpha value is -0.860. The zero-order chi connectivity index (χ0) is 14.7. The number of nitrogens with zero attached hydrogens (tertiary/aromatic N) is 1. The fourth-order valence-electron chi connectivity index (χ4n) is 4.43. The van der Waals surface area contributed by atoms with Gasteiger partial charge in [0.2, 0.25) is 0 Å². The molecule has 2 atom stereocenters. The largest absolute Gasteiger partial charge is 0.309 e. The van der Waals surface area contributed by atoms with Gasteiger partial charge < -0.3 is 5.32 Å². The highest BCUT2D eigenvalue weighted by Gasteiger charge is 2.38. The number of hydrogen-bond donors (Lipinski definition) is 1. The average Bonchev–Trinajstić information content (AvgIpc) is 3.14. The Bertz CT molecular complexity index is 451. The molecule has 1 fully saturated rings.